The van der Waals surface area contributed by atoms with Crippen LogP contribution in [0.3, 0.4) is 0 Å². The predicted octanol–water partition coefficient (Wildman–Crippen LogP) is 2.22. The van der Waals surface area contributed by atoms with Crippen molar-refractivity contribution in [3.8, 4) is 11.8 Å². The molecule has 1 N–H and O–H groups in total. The van der Waals surface area contributed by atoms with Crippen LogP contribution >= 0.6 is 0 Å². The number of nitriles is 1. The number of hydrogen-bond acceptors (Lipinski definition) is 6. The van der Waals surface area contributed by atoms with E-state index in [1.54, 1.807) is 17.9 Å². The Morgan fingerprint density at radius 2 is 2.23 bits per heavy atom. The van der Waals surface area contributed by atoms with Crippen LogP contribution in [0, 0.1) is 11.3 Å². The molecule has 1 fully saturated rings. The molecule has 138 valence electrons. The van der Waals surface area contributed by atoms with Crippen LogP contribution in [0.2, 0.25) is 0 Å². The highest BCUT2D eigenvalue weighted by Gasteiger charge is 2.37. The average molecular weight is 355 g/mol. The summed E-state index contributed by atoms with van der Waals surface area (Å²) in [6, 6.07) is 7.94. The highest BCUT2D eigenvalue weighted by molar-refractivity contribution is 5.45. The van der Waals surface area contributed by atoms with Gasteiger partial charge in [-0.3, -0.25) is 4.90 Å². The smallest absolute Gasteiger partial charge is 0.136 e. The van der Waals surface area contributed by atoms with Gasteiger partial charge in [0.1, 0.15) is 23.1 Å². The molecule has 2 aromatic rings. The Morgan fingerprint density at radius 3 is 2.88 bits per heavy atom. The summed E-state index contributed by atoms with van der Waals surface area (Å²) in [7, 11) is 1.57. The van der Waals surface area contributed by atoms with Crippen molar-refractivity contribution in [2.75, 3.05) is 20.2 Å². The summed E-state index contributed by atoms with van der Waals surface area (Å²) in [6.07, 6.45) is 3.41. The molecule has 0 spiro atoms. The summed E-state index contributed by atoms with van der Waals surface area (Å²) in [5.41, 5.74) is 1.23. The number of likely N-dealkylation sites (tertiary alicyclic amines) is 1. The summed E-state index contributed by atoms with van der Waals surface area (Å²) < 4.78 is 7.07. The normalized spacial score (nSPS) is 20.9. The molecule has 0 bridgehead atoms. The van der Waals surface area contributed by atoms with Gasteiger partial charge in [0.05, 0.1) is 18.9 Å². The van der Waals surface area contributed by atoms with Crippen molar-refractivity contribution in [1.82, 2.24) is 19.9 Å². The van der Waals surface area contributed by atoms with Crippen molar-refractivity contribution in [2.24, 2.45) is 0 Å². The van der Waals surface area contributed by atoms with Crippen molar-refractivity contribution in [3.05, 3.63) is 41.2 Å². The van der Waals surface area contributed by atoms with Crippen LogP contribution in [-0.4, -0.2) is 45.2 Å². The van der Waals surface area contributed by atoms with E-state index in [1.807, 2.05) is 32.2 Å². The molecule has 1 saturated heterocycles. The molecule has 1 unspecified atom stereocenters. The Bertz CT molecular complexity index is 811. The average Bonchev–Trinajstić information content (AvgIpc) is 3.13. The quantitative estimate of drug-likeness (QED) is 0.885. The lowest BCUT2D eigenvalue weighted by Gasteiger charge is -2.38. The van der Waals surface area contributed by atoms with E-state index >= 15 is 0 Å². The largest absolute Gasteiger partial charge is 0.495 e. The van der Waals surface area contributed by atoms with E-state index in [9.17, 15) is 5.11 Å². The number of hydrogen-bond donors (Lipinski definition) is 1. The van der Waals surface area contributed by atoms with Gasteiger partial charge in [0.25, 0.3) is 0 Å². The van der Waals surface area contributed by atoms with Gasteiger partial charge in [0, 0.05) is 19.1 Å². The third kappa shape index (κ3) is 3.71. The molecule has 0 aliphatic carbocycles. The fourth-order valence-electron chi connectivity index (χ4n) is 3.39. The fraction of sp³-hybridized carbons (Fsp3) is 0.526. The second-order valence-electron chi connectivity index (χ2n) is 7.17. The highest BCUT2D eigenvalue weighted by atomic mass is 16.5. The Morgan fingerprint density at radius 1 is 1.42 bits per heavy atom. The third-order valence-electron chi connectivity index (χ3n) is 4.86. The van der Waals surface area contributed by atoms with Crippen LogP contribution < -0.4 is 4.74 Å². The number of benzene rings is 1. The zero-order valence-electron chi connectivity index (χ0n) is 15.5. The van der Waals surface area contributed by atoms with Gasteiger partial charge in [-0.2, -0.15) is 5.26 Å². The molecule has 1 aliphatic heterocycles. The molecule has 7 heteroatoms. The van der Waals surface area contributed by atoms with Crippen LogP contribution in [0.25, 0.3) is 0 Å². The topological polar surface area (TPSA) is 87.2 Å². The van der Waals surface area contributed by atoms with Crippen molar-refractivity contribution in [3.63, 3.8) is 0 Å². The number of β-amino-alcohol motifs (C(OH)–C–C–N with tert-alkyl or cyclic N) is 1. The van der Waals surface area contributed by atoms with Crippen LogP contribution in [0.1, 0.15) is 49.6 Å². The first-order valence-electron chi connectivity index (χ1n) is 8.89. The summed E-state index contributed by atoms with van der Waals surface area (Å²) in [6.45, 7) is 6.17. The maximum absolute atomic E-state index is 11.1. The molecule has 0 radical (unpaired) electrons. The second kappa shape index (κ2) is 7.44. The van der Waals surface area contributed by atoms with Gasteiger partial charge >= 0.3 is 0 Å². The Kier molecular flexibility index (Phi) is 5.25. The van der Waals surface area contributed by atoms with Crippen molar-refractivity contribution >= 4 is 0 Å². The zero-order valence-corrected chi connectivity index (χ0v) is 15.5. The second-order valence-corrected chi connectivity index (χ2v) is 7.17. The van der Waals surface area contributed by atoms with Crippen LogP contribution in [0.4, 0.5) is 0 Å². The Balaban J connectivity index is 1.75. The number of methoxy groups -OCH3 is 1. The van der Waals surface area contributed by atoms with E-state index < -0.39 is 5.60 Å². The molecule has 7 nitrogen and oxygen atoms in total. The van der Waals surface area contributed by atoms with Crippen LogP contribution in [-0.2, 0) is 12.1 Å². The number of piperidine rings is 1. The van der Waals surface area contributed by atoms with Crippen LogP contribution in [0.5, 0.6) is 5.75 Å². The summed E-state index contributed by atoms with van der Waals surface area (Å²) in [5, 5.41) is 28.6. The summed E-state index contributed by atoms with van der Waals surface area (Å²) in [4.78, 5) is 2.21. The van der Waals surface area contributed by atoms with Gasteiger partial charge in [0.15, 0.2) is 0 Å². The van der Waals surface area contributed by atoms with E-state index in [0.29, 0.717) is 36.5 Å². The summed E-state index contributed by atoms with van der Waals surface area (Å²) in [5.74, 6) is 0.581. The summed E-state index contributed by atoms with van der Waals surface area (Å²) >= 11 is 0. The van der Waals surface area contributed by atoms with Gasteiger partial charge in [-0.15, -0.1) is 5.10 Å². The minimum atomic E-state index is -0.984. The first-order valence-corrected chi connectivity index (χ1v) is 8.89. The standard InChI is InChI=1S/C19H25N5O2/c1-14(2)24-12-18(21-22-24)19(25)7-4-8-23(13-19)11-15-5-6-16(10-20)17(9-15)26-3/h5-6,9,12,14,25H,4,7-8,11,13H2,1-3H3. The first kappa shape index (κ1) is 18.4. The Hall–Kier alpha value is -2.43. The maximum atomic E-state index is 11.1. The molecule has 26 heavy (non-hydrogen) atoms. The van der Waals surface area contributed by atoms with E-state index in [4.69, 9.17) is 10.00 Å². The van der Waals surface area contributed by atoms with Crippen molar-refractivity contribution in [2.45, 2.75) is 44.9 Å². The molecule has 1 atom stereocenters. The lowest BCUT2D eigenvalue weighted by molar-refractivity contribution is -0.0414. The molecule has 2 heterocycles. The molecule has 1 aliphatic rings. The Labute approximate surface area is 153 Å². The number of aromatic nitrogens is 3. The SMILES string of the molecule is COc1cc(CN2CCCC(O)(c3cn(C(C)C)nn3)C2)ccc1C#N. The highest BCUT2D eigenvalue weighted by Crippen LogP contribution is 2.31. The van der Waals surface area contributed by atoms with Gasteiger partial charge in [-0.05, 0) is 50.9 Å². The van der Waals surface area contributed by atoms with E-state index in [-0.39, 0.29) is 6.04 Å². The molecule has 3 rings (SSSR count). The lowest BCUT2D eigenvalue weighted by atomic mass is 9.89. The molecule has 0 saturated carbocycles. The van der Waals surface area contributed by atoms with Crippen LogP contribution in [0.15, 0.2) is 24.4 Å². The number of ether oxygens (including phenoxy) is 1. The third-order valence-corrected chi connectivity index (χ3v) is 4.86. The number of rotatable bonds is 5. The molecular weight excluding hydrogens is 330 g/mol. The van der Waals surface area contributed by atoms with E-state index in [1.165, 1.54) is 0 Å². The number of aliphatic hydroxyl groups is 1. The minimum Gasteiger partial charge on any atom is -0.495 e. The lowest BCUT2D eigenvalue weighted by Crippen LogP contribution is -2.45. The monoisotopic (exact) mass is 355 g/mol. The van der Waals surface area contributed by atoms with Crippen molar-refractivity contribution < 1.29 is 9.84 Å². The minimum absolute atomic E-state index is 0.214. The molecular formula is C19H25N5O2. The zero-order chi connectivity index (χ0) is 18.7. The first-order chi connectivity index (χ1) is 12.4. The van der Waals surface area contributed by atoms with E-state index in [0.717, 1.165) is 18.5 Å². The molecule has 1 aromatic carbocycles. The predicted molar refractivity (Wildman–Crippen MR) is 96.5 cm³/mol. The van der Waals surface area contributed by atoms with Gasteiger partial charge < -0.3 is 9.84 Å². The van der Waals surface area contributed by atoms with E-state index in [2.05, 4.69) is 21.3 Å². The molecule has 1 aromatic heterocycles. The maximum Gasteiger partial charge on any atom is 0.136 e. The van der Waals surface area contributed by atoms with Gasteiger partial charge in [-0.1, -0.05) is 11.3 Å². The number of nitrogens with zero attached hydrogens (tertiary/aromatic N) is 5. The van der Waals surface area contributed by atoms with Crippen molar-refractivity contribution in [1.29, 1.82) is 5.26 Å². The van der Waals surface area contributed by atoms with Gasteiger partial charge in [0.2, 0.25) is 0 Å². The molecule has 0 amide bonds. The van der Waals surface area contributed by atoms with Gasteiger partial charge in [-0.25, -0.2) is 4.68 Å². The fourth-order valence-corrected chi connectivity index (χ4v) is 3.39.